The van der Waals surface area contributed by atoms with Gasteiger partial charge in [0.2, 0.25) is 0 Å². The van der Waals surface area contributed by atoms with Crippen LogP contribution < -0.4 is 0 Å². The number of methoxy groups -OCH3 is 1. The Morgan fingerprint density at radius 3 is 2.93 bits per heavy atom. The lowest BCUT2D eigenvalue weighted by atomic mass is 10.0. The Labute approximate surface area is 85.9 Å². The van der Waals surface area contributed by atoms with E-state index in [4.69, 9.17) is 5.26 Å². The van der Waals surface area contributed by atoms with E-state index in [0.29, 0.717) is 4.88 Å². The van der Waals surface area contributed by atoms with Gasteiger partial charge in [-0.25, -0.2) is 4.79 Å². The van der Waals surface area contributed by atoms with Crippen LogP contribution in [0.25, 0.3) is 0 Å². The molecule has 14 heavy (non-hydrogen) atoms. The van der Waals surface area contributed by atoms with Crippen LogP contribution in [0.1, 0.15) is 28.1 Å². The van der Waals surface area contributed by atoms with Crippen molar-refractivity contribution in [1.82, 2.24) is 0 Å². The van der Waals surface area contributed by atoms with Gasteiger partial charge in [-0.15, -0.1) is 11.3 Å². The Morgan fingerprint density at radius 1 is 1.71 bits per heavy atom. The number of thiophene rings is 1. The van der Waals surface area contributed by atoms with Gasteiger partial charge in [0.15, 0.2) is 0 Å². The van der Waals surface area contributed by atoms with Gasteiger partial charge in [0.25, 0.3) is 0 Å². The average molecular weight is 207 g/mol. The van der Waals surface area contributed by atoms with E-state index in [2.05, 4.69) is 10.8 Å². The van der Waals surface area contributed by atoms with Gasteiger partial charge in [-0.05, 0) is 29.9 Å². The van der Waals surface area contributed by atoms with Gasteiger partial charge in [0.1, 0.15) is 4.88 Å². The summed E-state index contributed by atoms with van der Waals surface area (Å²) < 4.78 is 4.60. The van der Waals surface area contributed by atoms with Crippen molar-refractivity contribution >= 4 is 17.3 Å². The molecule has 1 aliphatic carbocycles. The third-order valence-corrected chi connectivity index (χ3v) is 3.41. The van der Waals surface area contributed by atoms with E-state index in [9.17, 15) is 4.79 Å². The molecule has 0 atom stereocenters. The minimum absolute atomic E-state index is 0.303. The molecular formula is C10H9NO2S. The van der Waals surface area contributed by atoms with E-state index in [1.807, 2.05) is 5.38 Å². The van der Waals surface area contributed by atoms with E-state index in [0.717, 1.165) is 18.4 Å². The fourth-order valence-electron chi connectivity index (χ4n) is 1.38. The SMILES string of the molecule is COC(=O)c1cc(C2(C#N)CC2)cs1. The Kier molecular flexibility index (Phi) is 2.05. The fraction of sp³-hybridized carbons (Fsp3) is 0.400. The highest BCUT2D eigenvalue weighted by Crippen LogP contribution is 2.48. The van der Waals surface area contributed by atoms with Crippen LogP contribution in [0.15, 0.2) is 11.4 Å². The van der Waals surface area contributed by atoms with Crippen LogP contribution in [0.2, 0.25) is 0 Å². The number of hydrogen-bond acceptors (Lipinski definition) is 4. The Balaban J connectivity index is 2.27. The molecule has 3 nitrogen and oxygen atoms in total. The van der Waals surface area contributed by atoms with Crippen molar-refractivity contribution in [3.05, 3.63) is 21.9 Å². The Morgan fingerprint density at radius 2 is 2.43 bits per heavy atom. The van der Waals surface area contributed by atoms with E-state index in [1.54, 1.807) is 6.07 Å². The molecule has 0 aliphatic heterocycles. The van der Waals surface area contributed by atoms with Crippen LogP contribution in [-0.2, 0) is 10.2 Å². The Bertz CT molecular complexity index is 412. The lowest BCUT2D eigenvalue weighted by molar-refractivity contribution is 0.0606. The minimum Gasteiger partial charge on any atom is -0.465 e. The largest absolute Gasteiger partial charge is 0.465 e. The second kappa shape index (κ2) is 3.10. The first-order chi connectivity index (χ1) is 6.72. The summed E-state index contributed by atoms with van der Waals surface area (Å²) in [6.07, 6.45) is 1.81. The van der Waals surface area contributed by atoms with Gasteiger partial charge in [-0.1, -0.05) is 0 Å². The molecule has 72 valence electrons. The molecule has 1 fully saturated rings. The van der Waals surface area contributed by atoms with Gasteiger partial charge in [-0.3, -0.25) is 0 Å². The molecule has 0 amide bonds. The summed E-state index contributed by atoms with van der Waals surface area (Å²) in [6.45, 7) is 0. The van der Waals surface area contributed by atoms with Crippen molar-refractivity contribution in [3.8, 4) is 6.07 Å². The minimum atomic E-state index is -0.324. The van der Waals surface area contributed by atoms with E-state index in [-0.39, 0.29) is 11.4 Å². The third-order valence-electron chi connectivity index (χ3n) is 2.50. The summed E-state index contributed by atoms with van der Waals surface area (Å²) in [5.41, 5.74) is 0.661. The van der Waals surface area contributed by atoms with Crippen molar-refractivity contribution in [2.24, 2.45) is 0 Å². The van der Waals surface area contributed by atoms with Gasteiger partial charge in [0, 0.05) is 0 Å². The number of carbonyl (C=O) groups excluding carboxylic acids is 1. The molecule has 4 heteroatoms. The molecule has 0 unspecified atom stereocenters. The van der Waals surface area contributed by atoms with Crippen LogP contribution in [0, 0.1) is 11.3 Å². The molecule has 0 N–H and O–H groups in total. The molecule has 0 bridgehead atoms. The second-order valence-electron chi connectivity index (χ2n) is 3.39. The zero-order valence-corrected chi connectivity index (χ0v) is 8.56. The molecular weight excluding hydrogens is 198 g/mol. The highest BCUT2D eigenvalue weighted by atomic mass is 32.1. The summed E-state index contributed by atoms with van der Waals surface area (Å²) in [7, 11) is 1.36. The monoisotopic (exact) mass is 207 g/mol. The fourth-order valence-corrected chi connectivity index (χ4v) is 2.31. The molecule has 1 aromatic rings. The average Bonchev–Trinajstić information content (AvgIpc) is 2.87. The van der Waals surface area contributed by atoms with Gasteiger partial charge in [-0.2, -0.15) is 5.26 Å². The van der Waals surface area contributed by atoms with Crippen molar-refractivity contribution in [3.63, 3.8) is 0 Å². The first kappa shape index (κ1) is 9.22. The van der Waals surface area contributed by atoms with Crippen molar-refractivity contribution in [2.45, 2.75) is 18.3 Å². The highest BCUT2D eigenvalue weighted by molar-refractivity contribution is 7.12. The number of esters is 1. The maximum absolute atomic E-state index is 11.2. The number of nitriles is 1. The third kappa shape index (κ3) is 1.30. The predicted molar refractivity (Wildman–Crippen MR) is 52.2 cm³/mol. The van der Waals surface area contributed by atoms with Crippen LogP contribution in [0.3, 0.4) is 0 Å². The number of nitrogens with zero attached hydrogens (tertiary/aromatic N) is 1. The Hall–Kier alpha value is -1.34. The second-order valence-corrected chi connectivity index (χ2v) is 4.30. The lowest BCUT2D eigenvalue weighted by Crippen LogP contribution is -2.01. The van der Waals surface area contributed by atoms with Crippen LogP contribution in [0.4, 0.5) is 0 Å². The first-order valence-electron chi connectivity index (χ1n) is 4.30. The van der Waals surface area contributed by atoms with Gasteiger partial charge < -0.3 is 4.74 Å². The molecule has 0 radical (unpaired) electrons. The summed E-state index contributed by atoms with van der Waals surface area (Å²) >= 11 is 1.34. The van der Waals surface area contributed by atoms with Gasteiger partial charge >= 0.3 is 5.97 Å². The normalized spacial score (nSPS) is 17.1. The maximum atomic E-state index is 11.2. The van der Waals surface area contributed by atoms with Crippen molar-refractivity contribution in [1.29, 1.82) is 5.26 Å². The molecule has 2 rings (SSSR count). The summed E-state index contributed by atoms with van der Waals surface area (Å²) in [5, 5.41) is 10.8. The zero-order valence-electron chi connectivity index (χ0n) is 7.74. The van der Waals surface area contributed by atoms with Crippen molar-refractivity contribution in [2.75, 3.05) is 7.11 Å². The molecule has 1 saturated carbocycles. The van der Waals surface area contributed by atoms with Crippen molar-refractivity contribution < 1.29 is 9.53 Å². The number of carbonyl (C=O) groups is 1. The zero-order chi connectivity index (χ0) is 10.2. The topological polar surface area (TPSA) is 50.1 Å². The number of rotatable bonds is 2. The lowest BCUT2D eigenvalue weighted by Gasteiger charge is -1.99. The summed E-state index contributed by atoms with van der Waals surface area (Å²) in [4.78, 5) is 11.7. The van der Waals surface area contributed by atoms with E-state index < -0.39 is 0 Å². The van der Waals surface area contributed by atoms with E-state index >= 15 is 0 Å². The molecule has 1 aliphatic rings. The van der Waals surface area contributed by atoms with Crippen LogP contribution in [0.5, 0.6) is 0 Å². The maximum Gasteiger partial charge on any atom is 0.348 e. The molecule has 1 aromatic heterocycles. The standard InChI is InChI=1S/C10H9NO2S/c1-13-9(12)8-4-7(5-14-8)10(6-11)2-3-10/h4-5H,2-3H2,1H3. The summed E-state index contributed by atoms with van der Waals surface area (Å²) in [5.74, 6) is -0.324. The quantitative estimate of drug-likeness (QED) is 0.698. The predicted octanol–water partition coefficient (Wildman–Crippen LogP) is 2.09. The first-order valence-corrected chi connectivity index (χ1v) is 5.18. The highest BCUT2D eigenvalue weighted by Gasteiger charge is 2.45. The molecule has 0 saturated heterocycles. The molecule has 0 spiro atoms. The number of hydrogen-bond donors (Lipinski definition) is 0. The van der Waals surface area contributed by atoms with Crippen LogP contribution >= 0.6 is 11.3 Å². The smallest absolute Gasteiger partial charge is 0.348 e. The van der Waals surface area contributed by atoms with E-state index in [1.165, 1.54) is 18.4 Å². The summed E-state index contributed by atoms with van der Waals surface area (Å²) in [6, 6.07) is 4.06. The molecule has 1 heterocycles. The van der Waals surface area contributed by atoms with Gasteiger partial charge in [0.05, 0.1) is 18.6 Å². The molecule has 0 aromatic carbocycles. The number of ether oxygens (including phenoxy) is 1. The van der Waals surface area contributed by atoms with Crippen LogP contribution in [-0.4, -0.2) is 13.1 Å².